The molecule has 2 N–H and O–H groups in total. The topological polar surface area (TPSA) is 113 Å². The number of carbonyl (C=O) groups is 1. The minimum absolute atomic E-state index is 0.0852. The van der Waals surface area contributed by atoms with Gasteiger partial charge in [0.15, 0.2) is 0 Å². The van der Waals surface area contributed by atoms with Crippen molar-refractivity contribution in [1.82, 2.24) is 0 Å². The number of carbonyl (C=O) groups excluding carboxylic acids is 1. The number of amides is 1. The van der Waals surface area contributed by atoms with Crippen LogP contribution in [-0.4, -0.2) is 29.3 Å². The summed E-state index contributed by atoms with van der Waals surface area (Å²) in [7, 11) is -8.53. The Morgan fingerprint density at radius 3 is 1.95 bits per heavy atom. The van der Waals surface area contributed by atoms with Gasteiger partial charge in [0, 0.05) is 16.4 Å². The first kappa shape index (κ1) is 33.1. The molecule has 0 aliphatic carbocycles. The Kier molecular flexibility index (Phi) is 9.54. The molecule has 0 fully saturated rings. The Hall–Kier alpha value is -3.78. The fourth-order valence-corrected chi connectivity index (χ4v) is 6.81. The van der Waals surface area contributed by atoms with E-state index in [0.717, 1.165) is 39.7 Å². The van der Waals surface area contributed by atoms with Gasteiger partial charge in [0.25, 0.3) is 20.0 Å². The summed E-state index contributed by atoms with van der Waals surface area (Å²) in [5, 5.41) is 2.29. The summed E-state index contributed by atoms with van der Waals surface area (Å²) in [6.07, 6.45) is -4.79. The standard InChI is InChI=1S/C29H24Cl2F3N3O5S2/c1-18-3-9-23(15-19(18)2)37(44(41,42)25-10-4-20(30)5-11-25)17-28(38)35-21-6-12-24(13-7-21)43(39,40)36-22-8-14-27(31)26(16-22)29(32,33)34/h3-16,36H,17H2,1-2H3,(H,35,38). The van der Waals surface area contributed by atoms with Gasteiger partial charge in [0.05, 0.1) is 26.1 Å². The fourth-order valence-electron chi connectivity index (χ4n) is 4.00. The van der Waals surface area contributed by atoms with Gasteiger partial charge >= 0.3 is 6.18 Å². The number of nitrogens with one attached hydrogen (secondary N) is 2. The first-order valence-corrected chi connectivity index (χ1v) is 16.3. The number of sulfonamides is 2. The Morgan fingerprint density at radius 2 is 1.36 bits per heavy atom. The highest BCUT2D eigenvalue weighted by Gasteiger charge is 2.34. The highest BCUT2D eigenvalue weighted by Crippen LogP contribution is 2.36. The summed E-state index contributed by atoms with van der Waals surface area (Å²) in [4.78, 5) is 12.7. The average Bonchev–Trinajstić information content (AvgIpc) is 2.94. The van der Waals surface area contributed by atoms with Crippen LogP contribution in [0.2, 0.25) is 10.0 Å². The van der Waals surface area contributed by atoms with Gasteiger partial charge in [0.2, 0.25) is 5.91 Å². The molecule has 232 valence electrons. The minimum atomic E-state index is -4.79. The van der Waals surface area contributed by atoms with E-state index in [0.29, 0.717) is 11.1 Å². The van der Waals surface area contributed by atoms with E-state index in [9.17, 15) is 34.8 Å². The zero-order valence-corrected chi connectivity index (χ0v) is 26.1. The van der Waals surface area contributed by atoms with Gasteiger partial charge in [-0.25, -0.2) is 16.8 Å². The van der Waals surface area contributed by atoms with Gasteiger partial charge in [-0.3, -0.25) is 13.8 Å². The molecule has 4 aromatic rings. The number of benzene rings is 4. The molecular weight excluding hydrogens is 662 g/mol. The lowest BCUT2D eigenvalue weighted by atomic mass is 10.1. The summed E-state index contributed by atoms with van der Waals surface area (Å²) in [5.41, 5.74) is 0.560. The van der Waals surface area contributed by atoms with Crippen molar-refractivity contribution in [1.29, 1.82) is 0 Å². The lowest BCUT2D eigenvalue weighted by molar-refractivity contribution is -0.137. The Morgan fingerprint density at radius 1 is 0.773 bits per heavy atom. The second-order valence-electron chi connectivity index (χ2n) is 9.60. The molecule has 0 atom stereocenters. The number of anilines is 3. The third-order valence-electron chi connectivity index (χ3n) is 6.44. The van der Waals surface area contributed by atoms with E-state index in [1.54, 1.807) is 25.1 Å². The van der Waals surface area contributed by atoms with Gasteiger partial charge in [-0.2, -0.15) is 13.2 Å². The molecule has 0 saturated heterocycles. The van der Waals surface area contributed by atoms with Crippen LogP contribution in [-0.2, 0) is 31.0 Å². The van der Waals surface area contributed by atoms with Gasteiger partial charge < -0.3 is 5.32 Å². The Bertz CT molecular complexity index is 1920. The van der Waals surface area contributed by atoms with E-state index < -0.39 is 49.3 Å². The van der Waals surface area contributed by atoms with Crippen molar-refractivity contribution < 1.29 is 34.8 Å². The van der Waals surface area contributed by atoms with Crippen molar-refractivity contribution in [3.05, 3.63) is 112 Å². The predicted octanol–water partition coefficient (Wildman–Crippen LogP) is 7.26. The number of alkyl halides is 3. The highest BCUT2D eigenvalue weighted by atomic mass is 35.5. The molecule has 0 unspecified atom stereocenters. The quantitative estimate of drug-likeness (QED) is 0.193. The lowest BCUT2D eigenvalue weighted by Gasteiger charge is -2.25. The maximum absolute atomic E-state index is 13.6. The highest BCUT2D eigenvalue weighted by molar-refractivity contribution is 7.93. The summed E-state index contributed by atoms with van der Waals surface area (Å²) < 4.78 is 95.3. The monoisotopic (exact) mass is 685 g/mol. The first-order chi connectivity index (χ1) is 20.5. The Balaban J connectivity index is 1.54. The van der Waals surface area contributed by atoms with Crippen molar-refractivity contribution in [3.8, 4) is 0 Å². The largest absolute Gasteiger partial charge is 0.417 e. The molecule has 0 aromatic heterocycles. The summed E-state index contributed by atoms with van der Waals surface area (Å²) >= 11 is 11.5. The van der Waals surface area contributed by atoms with Gasteiger partial charge in [-0.15, -0.1) is 0 Å². The maximum atomic E-state index is 13.6. The van der Waals surface area contributed by atoms with Crippen molar-refractivity contribution in [2.75, 3.05) is 20.9 Å². The molecule has 0 radical (unpaired) electrons. The number of nitrogens with zero attached hydrogens (tertiary/aromatic N) is 1. The molecule has 44 heavy (non-hydrogen) atoms. The maximum Gasteiger partial charge on any atom is 0.417 e. The molecule has 0 spiro atoms. The van der Waals surface area contributed by atoms with Gasteiger partial charge in [-0.1, -0.05) is 29.3 Å². The molecule has 1 amide bonds. The van der Waals surface area contributed by atoms with E-state index in [1.165, 1.54) is 36.4 Å². The third-order valence-corrected chi connectivity index (χ3v) is 10.2. The van der Waals surface area contributed by atoms with E-state index in [2.05, 4.69) is 10.0 Å². The molecule has 0 aliphatic rings. The van der Waals surface area contributed by atoms with Crippen molar-refractivity contribution >= 4 is 66.2 Å². The van der Waals surface area contributed by atoms with Crippen LogP contribution in [0, 0.1) is 13.8 Å². The second-order valence-corrected chi connectivity index (χ2v) is 14.0. The van der Waals surface area contributed by atoms with Crippen LogP contribution in [0.3, 0.4) is 0 Å². The minimum Gasteiger partial charge on any atom is -0.325 e. The van der Waals surface area contributed by atoms with Crippen LogP contribution < -0.4 is 14.3 Å². The molecular formula is C29H24Cl2F3N3O5S2. The molecule has 0 aliphatic heterocycles. The van der Waals surface area contributed by atoms with E-state index >= 15 is 0 Å². The van der Waals surface area contributed by atoms with Crippen LogP contribution in [0.15, 0.2) is 94.7 Å². The first-order valence-electron chi connectivity index (χ1n) is 12.6. The van der Waals surface area contributed by atoms with Gasteiger partial charge in [-0.05, 0) is 104 Å². The van der Waals surface area contributed by atoms with Crippen LogP contribution in [0.4, 0.5) is 30.2 Å². The molecule has 4 aromatic carbocycles. The summed E-state index contributed by atoms with van der Waals surface area (Å²) in [6, 6.07) is 17.8. The van der Waals surface area contributed by atoms with Crippen LogP contribution in [0.5, 0.6) is 0 Å². The third kappa shape index (κ3) is 7.65. The lowest BCUT2D eigenvalue weighted by Crippen LogP contribution is -2.38. The summed E-state index contributed by atoms with van der Waals surface area (Å²) in [5.74, 6) is -0.727. The van der Waals surface area contributed by atoms with Crippen LogP contribution in [0.25, 0.3) is 0 Å². The molecule has 0 heterocycles. The Labute approximate surface area is 262 Å². The van der Waals surface area contributed by atoms with E-state index in [4.69, 9.17) is 23.2 Å². The van der Waals surface area contributed by atoms with Crippen LogP contribution >= 0.6 is 23.2 Å². The van der Waals surface area contributed by atoms with Crippen molar-refractivity contribution in [2.45, 2.75) is 29.8 Å². The number of hydrogen-bond donors (Lipinski definition) is 2. The number of rotatable bonds is 9. The molecule has 15 heteroatoms. The smallest absolute Gasteiger partial charge is 0.325 e. The number of hydrogen-bond acceptors (Lipinski definition) is 5. The van der Waals surface area contributed by atoms with Gasteiger partial charge in [0.1, 0.15) is 6.54 Å². The average molecular weight is 687 g/mol. The molecule has 0 saturated carbocycles. The van der Waals surface area contributed by atoms with E-state index in [-0.39, 0.29) is 26.9 Å². The fraction of sp³-hybridized carbons (Fsp3) is 0.138. The van der Waals surface area contributed by atoms with E-state index in [1.807, 2.05) is 6.92 Å². The zero-order valence-electron chi connectivity index (χ0n) is 23.0. The summed E-state index contributed by atoms with van der Waals surface area (Å²) in [6.45, 7) is 3.05. The normalized spacial score (nSPS) is 12.1. The molecule has 8 nitrogen and oxygen atoms in total. The van der Waals surface area contributed by atoms with Crippen molar-refractivity contribution in [3.63, 3.8) is 0 Å². The SMILES string of the molecule is Cc1ccc(N(CC(=O)Nc2ccc(S(=O)(=O)Nc3ccc(Cl)c(C(F)(F)F)c3)cc2)S(=O)(=O)c2ccc(Cl)cc2)cc1C. The molecule has 4 rings (SSSR count). The zero-order chi connectivity index (χ0) is 32.4. The number of aryl methyl sites for hydroxylation is 2. The van der Waals surface area contributed by atoms with Crippen molar-refractivity contribution in [2.24, 2.45) is 0 Å². The molecule has 0 bridgehead atoms. The van der Waals surface area contributed by atoms with Crippen LogP contribution in [0.1, 0.15) is 16.7 Å². The second kappa shape index (κ2) is 12.7. The number of halogens is 5. The predicted molar refractivity (Wildman–Crippen MR) is 164 cm³/mol.